The van der Waals surface area contributed by atoms with Gasteiger partial charge in [-0.1, -0.05) is 6.07 Å². The van der Waals surface area contributed by atoms with Crippen molar-refractivity contribution in [3.05, 3.63) is 58.2 Å². The number of aromatic amines is 1. The molecule has 4 N–H and O–H groups in total. The van der Waals surface area contributed by atoms with Crippen molar-refractivity contribution in [1.82, 2.24) is 20.1 Å². The zero-order valence-electron chi connectivity index (χ0n) is 16.5. The van der Waals surface area contributed by atoms with Crippen LogP contribution in [-0.2, 0) is 0 Å². The molecule has 0 unspecified atom stereocenters. The molecule has 7 nitrogen and oxygen atoms in total. The van der Waals surface area contributed by atoms with Crippen LogP contribution in [0.15, 0.2) is 41.1 Å². The molecule has 1 saturated heterocycles. The summed E-state index contributed by atoms with van der Waals surface area (Å²) in [4.78, 5) is 19.3. The number of anilines is 2. The Labute approximate surface area is 182 Å². The molecule has 1 aliphatic heterocycles. The summed E-state index contributed by atoms with van der Waals surface area (Å²) >= 11 is 3.25. The van der Waals surface area contributed by atoms with Gasteiger partial charge in [-0.05, 0) is 67.1 Å². The summed E-state index contributed by atoms with van der Waals surface area (Å²) in [7, 11) is 2.12. The maximum Gasteiger partial charge on any atom is 0.259 e. The number of carbonyl (C=O) groups is 1. The summed E-state index contributed by atoms with van der Waals surface area (Å²) in [5.74, 6) is -0.656. The average Bonchev–Trinajstić information content (AvgIpc) is 3.21. The number of halogens is 2. The zero-order valence-corrected chi connectivity index (χ0v) is 18.0. The monoisotopic (exact) mass is 472 g/mol. The summed E-state index contributed by atoms with van der Waals surface area (Å²) < 4.78 is 14.6. The van der Waals surface area contributed by atoms with E-state index < -0.39 is 11.7 Å². The van der Waals surface area contributed by atoms with Crippen LogP contribution in [0.2, 0.25) is 0 Å². The lowest BCUT2D eigenvalue weighted by Gasteiger charge is -2.28. The molecule has 4 rings (SSSR count). The fourth-order valence-electron chi connectivity index (χ4n) is 3.73. The van der Waals surface area contributed by atoms with Crippen LogP contribution in [0.3, 0.4) is 0 Å². The number of para-hydroxylation sites is 1. The number of hydrogen-bond acceptors (Lipinski definition) is 5. The van der Waals surface area contributed by atoms with Crippen molar-refractivity contribution in [2.24, 2.45) is 0 Å². The molecule has 1 aromatic carbocycles. The average molecular weight is 473 g/mol. The molecule has 0 bridgehead atoms. The number of H-pyrrole nitrogens is 1. The van der Waals surface area contributed by atoms with Crippen LogP contribution in [0.5, 0.6) is 0 Å². The van der Waals surface area contributed by atoms with Crippen molar-refractivity contribution in [1.29, 1.82) is 0 Å². The molecule has 1 amide bonds. The van der Waals surface area contributed by atoms with Crippen LogP contribution in [0.25, 0.3) is 11.1 Å². The van der Waals surface area contributed by atoms with Crippen LogP contribution >= 0.6 is 15.9 Å². The fourth-order valence-corrected chi connectivity index (χ4v) is 4.17. The number of amides is 1. The SMILES string of the molecule is CN1CCC(c2n[nH]cc2-c2cnc(N)c(C(=O)Nc3c(F)cccc3Br)c2)CC1. The van der Waals surface area contributed by atoms with Gasteiger partial charge in [-0.25, -0.2) is 9.37 Å². The molecule has 1 aliphatic rings. The number of nitrogens with zero attached hydrogens (tertiary/aromatic N) is 3. The second kappa shape index (κ2) is 8.53. The lowest BCUT2D eigenvalue weighted by atomic mass is 9.90. The Morgan fingerprint density at radius 3 is 2.87 bits per heavy atom. The number of nitrogens with one attached hydrogen (secondary N) is 2. The van der Waals surface area contributed by atoms with Gasteiger partial charge in [0.1, 0.15) is 11.6 Å². The van der Waals surface area contributed by atoms with Crippen LogP contribution in [-0.4, -0.2) is 46.1 Å². The second-order valence-corrected chi connectivity index (χ2v) is 8.32. The smallest absolute Gasteiger partial charge is 0.259 e. The van der Waals surface area contributed by atoms with E-state index in [1.54, 1.807) is 24.4 Å². The summed E-state index contributed by atoms with van der Waals surface area (Å²) in [5.41, 5.74) is 8.81. The highest BCUT2D eigenvalue weighted by molar-refractivity contribution is 9.10. The topological polar surface area (TPSA) is 99.9 Å². The molecular formula is C21H22BrFN6O. The van der Waals surface area contributed by atoms with E-state index in [0.717, 1.165) is 42.8 Å². The molecule has 2 aromatic heterocycles. The van der Waals surface area contributed by atoms with Crippen LogP contribution in [0.1, 0.15) is 34.8 Å². The molecule has 0 spiro atoms. The van der Waals surface area contributed by atoms with Crippen LogP contribution in [0, 0.1) is 5.82 Å². The van der Waals surface area contributed by atoms with Gasteiger partial charge in [0.05, 0.1) is 16.9 Å². The third kappa shape index (κ3) is 4.08. The minimum atomic E-state index is -0.542. The van der Waals surface area contributed by atoms with E-state index in [1.807, 2.05) is 6.20 Å². The first-order valence-corrected chi connectivity index (χ1v) is 10.5. The summed E-state index contributed by atoms with van der Waals surface area (Å²) in [6.45, 7) is 2.03. The van der Waals surface area contributed by atoms with Crippen molar-refractivity contribution >= 4 is 33.3 Å². The zero-order chi connectivity index (χ0) is 21.3. The van der Waals surface area contributed by atoms with Crippen LogP contribution in [0.4, 0.5) is 15.9 Å². The molecule has 3 aromatic rings. The number of rotatable bonds is 4. The van der Waals surface area contributed by atoms with E-state index in [9.17, 15) is 9.18 Å². The number of aromatic nitrogens is 3. The summed E-state index contributed by atoms with van der Waals surface area (Å²) in [6, 6.07) is 6.15. The molecule has 3 heterocycles. The molecule has 156 valence electrons. The van der Waals surface area contributed by atoms with E-state index in [-0.39, 0.29) is 17.1 Å². The minimum absolute atomic E-state index is 0.0580. The van der Waals surface area contributed by atoms with Crippen molar-refractivity contribution in [3.8, 4) is 11.1 Å². The van der Waals surface area contributed by atoms with Gasteiger partial charge in [-0.3, -0.25) is 9.89 Å². The van der Waals surface area contributed by atoms with Crippen LogP contribution < -0.4 is 11.1 Å². The quantitative estimate of drug-likeness (QED) is 0.532. The molecule has 30 heavy (non-hydrogen) atoms. The number of carbonyl (C=O) groups excluding carboxylic acids is 1. The summed E-state index contributed by atoms with van der Waals surface area (Å²) in [5, 5.41) is 10.00. The lowest BCUT2D eigenvalue weighted by Crippen LogP contribution is -2.29. The number of hydrogen-bond donors (Lipinski definition) is 3. The van der Waals surface area contributed by atoms with Gasteiger partial charge in [0.2, 0.25) is 0 Å². The van der Waals surface area contributed by atoms with E-state index in [1.165, 1.54) is 6.07 Å². The Bertz CT molecular complexity index is 1060. The Morgan fingerprint density at radius 2 is 2.13 bits per heavy atom. The Hall–Kier alpha value is -2.78. The largest absolute Gasteiger partial charge is 0.383 e. The van der Waals surface area contributed by atoms with Gasteiger partial charge >= 0.3 is 0 Å². The highest BCUT2D eigenvalue weighted by Gasteiger charge is 2.24. The Kier molecular flexibility index (Phi) is 5.83. The number of benzene rings is 1. The highest BCUT2D eigenvalue weighted by atomic mass is 79.9. The molecule has 0 aliphatic carbocycles. The third-order valence-corrected chi connectivity index (χ3v) is 6.11. The normalized spacial score (nSPS) is 15.3. The Balaban J connectivity index is 1.63. The molecule has 1 fully saturated rings. The van der Waals surface area contributed by atoms with Gasteiger partial charge in [-0.15, -0.1) is 0 Å². The van der Waals surface area contributed by atoms with Gasteiger partial charge in [0.15, 0.2) is 0 Å². The van der Waals surface area contributed by atoms with E-state index in [4.69, 9.17) is 5.73 Å². The maximum atomic E-state index is 14.1. The highest BCUT2D eigenvalue weighted by Crippen LogP contribution is 2.34. The number of nitrogens with two attached hydrogens (primary N) is 1. The summed E-state index contributed by atoms with van der Waals surface area (Å²) in [6.07, 6.45) is 5.49. The third-order valence-electron chi connectivity index (χ3n) is 5.45. The van der Waals surface area contributed by atoms with E-state index >= 15 is 0 Å². The van der Waals surface area contributed by atoms with Crippen molar-refractivity contribution < 1.29 is 9.18 Å². The van der Waals surface area contributed by atoms with Crippen molar-refractivity contribution in [2.45, 2.75) is 18.8 Å². The fraction of sp³-hybridized carbons (Fsp3) is 0.286. The second-order valence-electron chi connectivity index (χ2n) is 7.47. The van der Waals surface area contributed by atoms with Gasteiger partial charge < -0.3 is 16.0 Å². The van der Waals surface area contributed by atoms with Gasteiger partial charge in [0.25, 0.3) is 5.91 Å². The first kappa shape index (κ1) is 20.5. The number of likely N-dealkylation sites (tertiary alicyclic amines) is 1. The standard InChI is InChI=1S/C21H22BrFN6O/c1-29-7-5-12(6-8-29)18-15(11-26-28-18)13-9-14(20(24)25-10-13)21(30)27-19-16(22)3-2-4-17(19)23/h2-4,9-12H,5-8H2,1H3,(H2,24,25)(H,26,28)(H,27,30). The first-order chi connectivity index (χ1) is 14.4. The molecule has 0 atom stereocenters. The van der Waals surface area contributed by atoms with Crippen molar-refractivity contribution in [3.63, 3.8) is 0 Å². The molecule has 0 saturated carbocycles. The number of pyridine rings is 1. The van der Waals surface area contributed by atoms with E-state index in [0.29, 0.717) is 10.4 Å². The lowest BCUT2D eigenvalue weighted by molar-refractivity contribution is 0.102. The first-order valence-electron chi connectivity index (χ1n) is 9.67. The molecular weight excluding hydrogens is 451 g/mol. The number of nitrogen functional groups attached to an aromatic ring is 1. The van der Waals surface area contributed by atoms with E-state index in [2.05, 4.69) is 48.4 Å². The number of piperidine rings is 1. The predicted octanol–water partition coefficient (Wildman–Crippen LogP) is 4.02. The van der Waals surface area contributed by atoms with Gasteiger partial charge in [0, 0.05) is 33.9 Å². The maximum absolute atomic E-state index is 14.1. The van der Waals surface area contributed by atoms with Gasteiger partial charge in [-0.2, -0.15) is 5.10 Å². The van der Waals surface area contributed by atoms with Crippen molar-refractivity contribution in [2.75, 3.05) is 31.2 Å². The predicted molar refractivity (Wildman–Crippen MR) is 118 cm³/mol. The minimum Gasteiger partial charge on any atom is -0.383 e. The molecule has 9 heteroatoms. The Morgan fingerprint density at radius 1 is 1.37 bits per heavy atom. The molecule has 0 radical (unpaired) electrons.